The van der Waals surface area contributed by atoms with Crippen LogP contribution < -0.4 is 14.4 Å². The van der Waals surface area contributed by atoms with Crippen LogP contribution in [0.3, 0.4) is 0 Å². The summed E-state index contributed by atoms with van der Waals surface area (Å²) in [7, 11) is 3.09. The van der Waals surface area contributed by atoms with Crippen molar-refractivity contribution in [3.63, 3.8) is 0 Å². The van der Waals surface area contributed by atoms with Crippen molar-refractivity contribution in [2.24, 2.45) is 0 Å². The fraction of sp³-hybridized carbons (Fsp3) is 0.182. The van der Waals surface area contributed by atoms with Gasteiger partial charge >= 0.3 is 5.91 Å². The van der Waals surface area contributed by atoms with Gasteiger partial charge in [-0.1, -0.05) is 23.5 Å². The molecule has 1 aliphatic rings. The number of Topliss-reactive ketones (excluding diaryl/α,β-unsaturated/α-hetero) is 1. The minimum absolute atomic E-state index is 0.0202. The molecule has 0 saturated carbocycles. The van der Waals surface area contributed by atoms with Gasteiger partial charge in [0.25, 0.3) is 5.78 Å². The number of nitrogens with zero attached hydrogens (tertiary/aromatic N) is 3. The van der Waals surface area contributed by atoms with E-state index in [4.69, 9.17) is 9.47 Å². The summed E-state index contributed by atoms with van der Waals surface area (Å²) in [6.45, 7) is 1.76. The fourth-order valence-corrected chi connectivity index (χ4v) is 4.13. The Bertz CT molecular complexity index is 1170. The number of ketones is 1. The summed E-state index contributed by atoms with van der Waals surface area (Å²) in [4.78, 5) is 27.3. The number of ether oxygens (including phenoxy) is 2. The molecule has 1 saturated heterocycles. The maximum atomic E-state index is 13.0. The van der Waals surface area contributed by atoms with Crippen LogP contribution in [0.15, 0.2) is 54.1 Å². The molecule has 1 aliphatic heterocycles. The van der Waals surface area contributed by atoms with Gasteiger partial charge in [0.15, 0.2) is 0 Å². The van der Waals surface area contributed by atoms with Crippen LogP contribution in [0.4, 0.5) is 5.13 Å². The lowest BCUT2D eigenvalue weighted by atomic mass is 9.95. The van der Waals surface area contributed by atoms with Crippen molar-refractivity contribution in [3.05, 3.63) is 70.2 Å². The minimum Gasteiger partial charge on any atom is -0.507 e. The number of aryl methyl sites for hydroxylation is 1. The second-order valence-electron chi connectivity index (χ2n) is 6.77. The molecule has 0 aliphatic carbocycles. The lowest BCUT2D eigenvalue weighted by Gasteiger charge is -2.22. The summed E-state index contributed by atoms with van der Waals surface area (Å²) < 4.78 is 10.4. The quantitative estimate of drug-likeness (QED) is 0.370. The van der Waals surface area contributed by atoms with E-state index in [1.165, 1.54) is 23.3 Å². The maximum absolute atomic E-state index is 13.0. The van der Waals surface area contributed by atoms with Gasteiger partial charge in [0.05, 0.1) is 25.8 Å². The minimum atomic E-state index is -0.861. The molecule has 1 fully saturated rings. The van der Waals surface area contributed by atoms with E-state index in [0.29, 0.717) is 27.6 Å². The molecule has 0 bridgehead atoms. The van der Waals surface area contributed by atoms with Crippen LogP contribution in [0.1, 0.15) is 22.2 Å². The van der Waals surface area contributed by atoms with E-state index in [1.54, 1.807) is 62.6 Å². The number of benzene rings is 2. The van der Waals surface area contributed by atoms with Gasteiger partial charge in [0.1, 0.15) is 22.3 Å². The molecule has 1 aromatic heterocycles. The Balaban J connectivity index is 1.90. The number of carbonyl (C=O) groups is 2. The average molecular weight is 437 g/mol. The van der Waals surface area contributed by atoms with E-state index in [2.05, 4.69) is 10.2 Å². The molecule has 4 rings (SSSR count). The third-order valence-corrected chi connectivity index (χ3v) is 5.80. The highest BCUT2D eigenvalue weighted by atomic mass is 32.1. The second kappa shape index (κ2) is 8.19. The first-order valence-corrected chi connectivity index (χ1v) is 10.2. The molecule has 2 aromatic carbocycles. The lowest BCUT2D eigenvalue weighted by molar-refractivity contribution is -0.132. The Labute approximate surface area is 182 Å². The first kappa shape index (κ1) is 20.5. The lowest BCUT2D eigenvalue weighted by Crippen LogP contribution is -2.29. The van der Waals surface area contributed by atoms with Crippen molar-refractivity contribution >= 4 is 33.9 Å². The highest BCUT2D eigenvalue weighted by Gasteiger charge is 2.48. The van der Waals surface area contributed by atoms with Crippen LogP contribution in [-0.4, -0.2) is 41.2 Å². The Kier molecular flexibility index (Phi) is 5.43. The Hall–Kier alpha value is -3.72. The van der Waals surface area contributed by atoms with Crippen LogP contribution in [0.25, 0.3) is 5.76 Å². The Morgan fingerprint density at radius 3 is 2.06 bits per heavy atom. The SMILES string of the molecule is COc1ccc(C(O)=C2C(=O)C(=O)N(c3nnc(C)s3)C2c2ccc(OC)cc2)cc1. The molecule has 1 atom stereocenters. The highest BCUT2D eigenvalue weighted by molar-refractivity contribution is 7.15. The van der Waals surface area contributed by atoms with E-state index < -0.39 is 17.7 Å². The zero-order chi connectivity index (χ0) is 22.1. The standard InChI is InChI=1S/C22H19N3O5S/c1-12-23-24-22(31-12)25-18(13-4-8-15(29-2)9-5-13)17(20(27)21(25)28)19(26)14-6-10-16(30-3)11-7-14/h4-11,18,26H,1-3H3. The molecule has 31 heavy (non-hydrogen) atoms. The van der Waals surface area contributed by atoms with Crippen LogP contribution in [0.2, 0.25) is 0 Å². The zero-order valence-corrected chi connectivity index (χ0v) is 17.8. The van der Waals surface area contributed by atoms with Crippen molar-refractivity contribution in [1.29, 1.82) is 0 Å². The molecule has 2 heterocycles. The second-order valence-corrected chi connectivity index (χ2v) is 7.93. The molecule has 9 heteroatoms. The van der Waals surface area contributed by atoms with Gasteiger partial charge in [-0.15, -0.1) is 10.2 Å². The van der Waals surface area contributed by atoms with E-state index in [9.17, 15) is 14.7 Å². The monoisotopic (exact) mass is 437 g/mol. The van der Waals surface area contributed by atoms with Gasteiger partial charge in [-0.3, -0.25) is 14.5 Å². The van der Waals surface area contributed by atoms with Gasteiger partial charge in [-0.05, 0) is 48.9 Å². The summed E-state index contributed by atoms with van der Waals surface area (Å²) in [5.74, 6) is -0.602. The number of hydrogen-bond acceptors (Lipinski definition) is 8. The van der Waals surface area contributed by atoms with Crippen LogP contribution in [-0.2, 0) is 9.59 Å². The average Bonchev–Trinajstić information content (AvgIpc) is 3.34. The highest BCUT2D eigenvalue weighted by Crippen LogP contribution is 2.43. The van der Waals surface area contributed by atoms with Crippen molar-refractivity contribution < 1.29 is 24.2 Å². The number of methoxy groups -OCH3 is 2. The normalized spacial score (nSPS) is 17.8. The summed E-state index contributed by atoms with van der Waals surface area (Å²) in [6.07, 6.45) is 0. The first-order valence-electron chi connectivity index (χ1n) is 9.34. The third-order valence-electron chi connectivity index (χ3n) is 4.96. The fourth-order valence-electron chi connectivity index (χ4n) is 3.42. The van der Waals surface area contributed by atoms with Crippen molar-refractivity contribution in [1.82, 2.24) is 10.2 Å². The van der Waals surface area contributed by atoms with Crippen molar-refractivity contribution in [2.75, 3.05) is 19.1 Å². The smallest absolute Gasteiger partial charge is 0.301 e. The van der Waals surface area contributed by atoms with E-state index >= 15 is 0 Å². The number of amides is 1. The largest absolute Gasteiger partial charge is 0.507 e. The number of anilines is 1. The van der Waals surface area contributed by atoms with Crippen molar-refractivity contribution in [3.8, 4) is 11.5 Å². The summed E-state index contributed by atoms with van der Waals surface area (Å²) in [6, 6.07) is 12.7. The molecule has 1 unspecified atom stereocenters. The maximum Gasteiger partial charge on any atom is 0.301 e. The molecule has 158 valence electrons. The predicted octanol–water partition coefficient (Wildman–Crippen LogP) is 3.49. The van der Waals surface area contributed by atoms with E-state index in [-0.39, 0.29) is 16.5 Å². The van der Waals surface area contributed by atoms with Crippen molar-refractivity contribution in [2.45, 2.75) is 13.0 Å². The Morgan fingerprint density at radius 1 is 0.968 bits per heavy atom. The molecule has 0 radical (unpaired) electrons. The number of carbonyl (C=O) groups excluding carboxylic acids is 2. The van der Waals surface area contributed by atoms with Crippen LogP contribution in [0, 0.1) is 6.92 Å². The van der Waals surface area contributed by atoms with Gasteiger partial charge < -0.3 is 14.6 Å². The van der Waals surface area contributed by atoms with Gasteiger partial charge in [0.2, 0.25) is 5.13 Å². The molecule has 8 nitrogen and oxygen atoms in total. The summed E-state index contributed by atoms with van der Waals surface area (Å²) >= 11 is 1.20. The van der Waals surface area contributed by atoms with Gasteiger partial charge in [-0.25, -0.2) is 0 Å². The van der Waals surface area contributed by atoms with Crippen LogP contribution >= 0.6 is 11.3 Å². The predicted molar refractivity (Wildman–Crippen MR) is 115 cm³/mol. The van der Waals surface area contributed by atoms with Gasteiger partial charge in [0, 0.05) is 5.56 Å². The zero-order valence-electron chi connectivity index (χ0n) is 17.0. The molecular weight excluding hydrogens is 418 g/mol. The molecule has 1 N–H and O–H groups in total. The molecule has 1 amide bonds. The van der Waals surface area contributed by atoms with E-state index in [0.717, 1.165) is 0 Å². The van der Waals surface area contributed by atoms with E-state index in [1.807, 2.05) is 0 Å². The number of aromatic nitrogens is 2. The third kappa shape index (κ3) is 3.64. The van der Waals surface area contributed by atoms with Crippen LogP contribution in [0.5, 0.6) is 11.5 Å². The topological polar surface area (TPSA) is 102 Å². The number of rotatable bonds is 5. The summed E-state index contributed by atoms with van der Waals surface area (Å²) in [5.41, 5.74) is 1.00. The summed E-state index contributed by atoms with van der Waals surface area (Å²) in [5, 5.41) is 20.0. The van der Waals surface area contributed by atoms with Gasteiger partial charge in [-0.2, -0.15) is 0 Å². The molecule has 0 spiro atoms. The number of aliphatic hydroxyl groups excluding tert-OH is 1. The molecule has 3 aromatic rings. The first-order chi connectivity index (χ1) is 14.9. The molecular formula is C22H19N3O5S. The number of hydrogen-bond donors (Lipinski definition) is 1. The number of aliphatic hydroxyl groups is 1. The Morgan fingerprint density at radius 2 is 1.55 bits per heavy atom.